The minimum Gasteiger partial charge on any atom is -0.478 e. The van der Waals surface area contributed by atoms with Gasteiger partial charge in [-0.25, -0.2) is 14.5 Å². The highest BCUT2D eigenvalue weighted by atomic mass is 35.5. The van der Waals surface area contributed by atoms with E-state index < -0.39 is 17.7 Å². The quantitative estimate of drug-likeness (QED) is 0.923. The first-order valence-corrected chi connectivity index (χ1v) is 5.18. The van der Waals surface area contributed by atoms with Gasteiger partial charge in [0.25, 0.3) is 0 Å². The van der Waals surface area contributed by atoms with Crippen LogP contribution < -0.4 is 0 Å². The van der Waals surface area contributed by atoms with Gasteiger partial charge in [0.1, 0.15) is 0 Å². The van der Waals surface area contributed by atoms with E-state index >= 15 is 0 Å². The monoisotopic (exact) mass is 291 g/mol. The number of hydrogen-bond donors (Lipinski definition) is 1. The van der Waals surface area contributed by atoms with E-state index in [9.17, 15) is 18.0 Å². The molecule has 0 fully saturated rings. The van der Waals surface area contributed by atoms with Gasteiger partial charge >= 0.3 is 12.1 Å². The Hall–Kier alpha value is -2.09. The van der Waals surface area contributed by atoms with E-state index in [-0.39, 0.29) is 16.4 Å². The van der Waals surface area contributed by atoms with Crippen LogP contribution in [0, 0.1) is 0 Å². The van der Waals surface area contributed by atoms with Gasteiger partial charge in [-0.15, -0.1) is 0 Å². The lowest BCUT2D eigenvalue weighted by atomic mass is 10.2. The number of rotatable bonds is 2. The third kappa shape index (κ3) is 2.68. The first kappa shape index (κ1) is 13.3. The summed E-state index contributed by atoms with van der Waals surface area (Å²) in [5, 5.41) is 12.2. The summed E-state index contributed by atoms with van der Waals surface area (Å²) in [5.74, 6) is -1.38. The number of aromatic carboxylic acids is 1. The summed E-state index contributed by atoms with van der Waals surface area (Å²) in [6.45, 7) is 0. The Kier molecular flexibility index (Phi) is 3.19. The predicted octanol–water partition coefficient (Wildman–Crippen LogP) is 2.64. The summed E-state index contributed by atoms with van der Waals surface area (Å²) in [4.78, 5) is 14.6. The summed E-state index contributed by atoms with van der Waals surface area (Å²) in [6.07, 6.45) is -2.16. The Morgan fingerprint density at radius 1 is 1.37 bits per heavy atom. The molecule has 0 atom stereocenters. The van der Waals surface area contributed by atoms with Crippen LogP contribution in [0.5, 0.6) is 0 Å². The fourth-order valence-corrected chi connectivity index (χ4v) is 1.50. The summed E-state index contributed by atoms with van der Waals surface area (Å²) in [6, 6.07) is 1.04. The van der Waals surface area contributed by atoms with Crippen LogP contribution in [0.3, 0.4) is 0 Å². The molecule has 2 aromatic heterocycles. The van der Waals surface area contributed by atoms with Gasteiger partial charge in [0.2, 0.25) is 0 Å². The number of nitrogens with zero attached hydrogens (tertiary/aromatic N) is 3. The Balaban J connectivity index is 2.45. The Labute approximate surface area is 109 Å². The minimum absolute atomic E-state index is 0.0719. The molecule has 2 aromatic rings. The minimum atomic E-state index is -4.53. The van der Waals surface area contributed by atoms with Gasteiger partial charge in [0.05, 0.1) is 22.3 Å². The third-order valence-corrected chi connectivity index (χ3v) is 2.52. The molecule has 0 bridgehead atoms. The van der Waals surface area contributed by atoms with Gasteiger partial charge in [0.15, 0.2) is 5.82 Å². The molecule has 0 unspecified atom stereocenters. The molecule has 2 rings (SSSR count). The topological polar surface area (TPSA) is 68.0 Å². The van der Waals surface area contributed by atoms with Crippen LogP contribution in [0.2, 0.25) is 5.02 Å². The second kappa shape index (κ2) is 4.54. The number of halogens is 4. The molecule has 19 heavy (non-hydrogen) atoms. The van der Waals surface area contributed by atoms with Crippen LogP contribution in [0.25, 0.3) is 5.82 Å². The predicted molar refractivity (Wildman–Crippen MR) is 58.3 cm³/mol. The molecule has 100 valence electrons. The molecule has 0 aliphatic heterocycles. The van der Waals surface area contributed by atoms with Crippen LogP contribution in [0.4, 0.5) is 13.2 Å². The van der Waals surface area contributed by atoms with Crippen molar-refractivity contribution in [2.45, 2.75) is 6.18 Å². The standard InChI is InChI=1S/C10H5ClF3N3O2/c11-7-3-15-8(1-6(7)9(18)19)17-4-5(2-16-17)10(12,13)14/h1-4H,(H,18,19). The van der Waals surface area contributed by atoms with Crippen molar-refractivity contribution in [3.05, 3.63) is 40.8 Å². The van der Waals surface area contributed by atoms with Crippen LogP contribution in [-0.4, -0.2) is 25.8 Å². The lowest BCUT2D eigenvalue weighted by molar-refractivity contribution is -0.137. The molecular weight excluding hydrogens is 287 g/mol. The van der Waals surface area contributed by atoms with Crippen molar-refractivity contribution in [1.82, 2.24) is 14.8 Å². The molecule has 0 amide bonds. The maximum absolute atomic E-state index is 12.4. The highest BCUT2D eigenvalue weighted by molar-refractivity contribution is 6.33. The van der Waals surface area contributed by atoms with Crippen molar-refractivity contribution in [2.75, 3.05) is 0 Å². The number of alkyl halides is 3. The van der Waals surface area contributed by atoms with Gasteiger partial charge < -0.3 is 5.11 Å². The van der Waals surface area contributed by atoms with Crippen LogP contribution in [-0.2, 0) is 6.18 Å². The Bertz CT molecular complexity index is 639. The average molecular weight is 292 g/mol. The molecule has 9 heteroatoms. The molecule has 1 N–H and O–H groups in total. The third-order valence-electron chi connectivity index (χ3n) is 2.22. The number of pyridine rings is 1. The lowest BCUT2D eigenvalue weighted by Gasteiger charge is -2.04. The second-order valence-corrected chi connectivity index (χ2v) is 3.91. The number of carboxylic acid groups (broad SMARTS) is 1. The van der Waals surface area contributed by atoms with E-state index in [1.54, 1.807) is 0 Å². The number of carboxylic acids is 1. The fourth-order valence-electron chi connectivity index (χ4n) is 1.31. The van der Waals surface area contributed by atoms with Gasteiger partial charge in [-0.3, -0.25) is 0 Å². The maximum atomic E-state index is 12.4. The maximum Gasteiger partial charge on any atom is 0.419 e. The molecule has 0 aliphatic carbocycles. The highest BCUT2D eigenvalue weighted by Gasteiger charge is 2.32. The molecule has 0 spiro atoms. The van der Waals surface area contributed by atoms with Crippen molar-refractivity contribution >= 4 is 17.6 Å². The van der Waals surface area contributed by atoms with Crippen molar-refractivity contribution < 1.29 is 23.1 Å². The average Bonchev–Trinajstić information content (AvgIpc) is 2.78. The number of aromatic nitrogens is 3. The van der Waals surface area contributed by atoms with Gasteiger partial charge in [-0.1, -0.05) is 11.6 Å². The van der Waals surface area contributed by atoms with Gasteiger partial charge in [0, 0.05) is 12.4 Å². The number of hydrogen-bond acceptors (Lipinski definition) is 3. The van der Waals surface area contributed by atoms with E-state index in [1.807, 2.05) is 0 Å². The van der Waals surface area contributed by atoms with E-state index in [0.717, 1.165) is 16.9 Å². The molecule has 0 aromatic carbocycles. The normalized spacial score (nSPS) is 11.6. The highest BCUT2D eigenvalue weighted by Crippen LogP contribution is 2.29. The van der Waals surface area contributed by atoms with E-state index in [1.165, 1.54) is 0 Å². The lowest BCUT2D eigenvalue weighted by Crippen LogP contribution is -2.05. The molecule has 0 radical (unpaired) electrons. The van der Waals surface area contributed by atoms with Crippen molar-refractivity contribution in [3.8, 4) is 5.82 Å². The second-order valence-electron chi connectivity index (χ2n) is 3.50. The van der Waals surface area contributed by atoms with Crippen LogP contribution in [0.15, 0.2) is 24.7 Å². The smallest absolute Gasteiger partial charge is 0.419 e. The number of carbonyl (C=O) groups is 1. The first-order valence-electron chi connectivity index (χ1n) is 4.80. The zero-order valence-corrected chi connectivity index (χ0v) is 9.77. The first-order chi connectivity index (χ1) is 8.79. The summed E-state index contributed by atoms with van der Waals surface area (Å²) >= 11 is 5.60. The summed E-state index contributed by atoms with van der Waals surface area (Å²) in [7, 11) is 0. The van der Waals surface area contributed by atoms with Crippen molar-refractivity contribution in [1.29, 1.82) is 0 Å². The van der Waals surface area contributed by atoms with Crippen LogP contribution >= 0.6 is 11.6 Å². The fraction of sp³-hybridized carbons (Fsp3) is 0.100. The Morgan fingerprint density at radius 2 is 2.05 bits per heavy atom. The van der Waals surface area contributed by atoms with E-state index in [4.69, 9.17) is 16.7 Å². The zero-order valence-electron chi connectivity index (χ0n) is 9.02. The van der Waals surface area contributed by atoms with Gasteiger partial charge in [-0.05, 0) is 6.07 Å². The largest absolute Gasteiger partial charge is 0.478 e. The molecular formula is C10H5ClF3N3O2. The Morgan fingerprint density at radius 3 is 2.58 bits per heavy atom. The molecule has 0 saturated carbocycles. The van der Waals surface area contributed by atoms with E-state index in [2.05, 4.69) is 10.1 Å². The molecule has 0 aliphatic rings. The van der Waals surface area contributed by atoms with Gasteiger partial charge in [-0.2, -0.15) is 18.3 Å². The van der Waals surface area contributed by atoms with Crippen molar-refractivity contribution in [3.63, 3.8) is 0 Å². The van der Waals surface area contributed by atoms with E-state index in [0.29, 0.717) is 12.4 Å². The molecule has 2 heterocycles. The molecule has 0 saturated heterocycles. The summed E-state index contributed by atoms with van der Waals surface area (Å²) in [5.41, 5.74) is -1.23. The molecule has 5 nitrogen and oxygen atoms in total. The van der Waals surface area contributed by atoms with Crippen molar-refractivity contribution in [2.24, 2.45) is 0 Å². The summed E-state index contributed by atoms with van der Waals surface area (Å²) < 4.78 is 38.0. The van der Waals surface area contributed by atoms with Crippen LogP contribution in [0.1, 0.15) is 15.9 Å². The zero-order chi connectivity index (χ0) is 14.2. The SMILES string of the molecule is O=C(O)c1cc(-n2cc(C(F)(F)F)cn2)ncc1Cl.